The molecule has 0 radical (unpaired) electrons. The minimum absolute atomic E-state index is 0.476. The fraction of sp³-hybridized carbons (Fsp3) is 0.0714. The van der Waals surface area contributed by atoms with Crippen LogP contribution < -0.4 is 11.1 Å². The molecule has 0 saturated carbocycles. The summed E-state index contributed by atoms with van der Waals surface area (Å²) in [5, 5.41) is 3.65. The van der Waals surface area contributed by atoms with Gasteiger partial charge in [-0.25, -0.2) is 0 Å². The van der Waals surface area contributed by atoms with Crippen LogP contribution in [0.4, 0.5) is 5.69 Å². The fourth-order valence-electron chi connectivity index (χ4n) is 1.75. The predicted octanol–water partition coefficient (Wildman–Crippen LogP) is 4.50. The molecular formula is C14H11Br2ClN2O. The maximum atomic E-state index is 11.7. The summed E-state index contributed by atoms with van der Waals surface area (Å²) in [5.41, 5.74) is 6.99. The molecule has 0 saturated heterocycles. The first-order valence-electron chi connectivity index (χ1n) is 5.74. The van der Waals surface area contributed by atoms with Gasteiger partial charge in [0.05, 0.1) is 0 Å². The molecule has 0 fully saturated rings. The predicted molar refractivity (Wildman–Crippen MR) is 88.9 cm³/mol. The number of carbonyl (C=O) groups excluding carboxylic acids is 1. The Morgan fingerprint density at radius 1 is 1.15 bits per heavy atom. The molecule has 0 heterocycles. The molecule has 0 aromatic heterocycles. The summed E-state index contributed by atoms with van der Waals surface area (Å²) in [6.07, 6.45) is 0. The van der Waals surface area contributed by atoms with Crippen LogP contribution >= 0.6 is 43.5 Å². The van der Waals surface area contributed by atoms with E-state index in [-0.39, 0.29) is 0 Å². The first-order chi connectivity index (χ1) is 9.47. The number of primary amides is 1. The Morgan fingerprint density at radius 3 is 2.40 bits per heavy atom. The van der Waals surface area contributed by atoms with Crippen LogP contribution in [0.3, 0.4) is 0 Å². The molecule has 0 aliphatic rings. The lowest BCUT2D eigenvalue weighted by molar-refractivity contribution is -0.118. The third kappa shape index (κ3) is 3.75. The molecule has 1 atom stereocenters. The van der Waals surface area contributed by atoms with Crippen molar-refractivity contribution in [3.63, 3.8) is 0 Å². The molecule has 2 rings (SSSR count). The molecule has 3 N–H and O–H groups in total. The largest absolute Gasteiger partial charge is 0.370 e. The molecule has 2 aromatic rings. The number of carbonyl (C=O) groups is 1. The maximum Gasteiger partial charge on any atom is 0.244 e. The van der Waals surface area contributed by atoms with Crippen molar-refractivity contribution < 1.29 is 4.79 Å². The Hall–Kier alpha value is -1.04. The van der Waals surface area contributed by atoms with E-state index in [0.29, 0.717) is 10.6 Å². The normalized spacial score (nSPS) is 11.9. The minimum atomic E-state index is -0.663. The Bertz CT molecular complexity index is 632. The number of rotatable bonds is 4. The van der Waals surface area contributed by atoms with Crippen molar-refractivity contribution in [1.29, 1.82) is 0 Å². The van der Waals surface area contributed by atoms with Gasteiger partial charge in [-0.1, -0.05) is 43.5 Å². The highest BCUT2D eigenvalue weighted by Crippen LogP contribution is 2.29. The average Bonchev–Trinajstić information content (AvgIpc) is 2.41. The topological polar surface area (TPSA) is 55.1 Å². The highest BCUT2D eigenvalue weighted by atomic mass is 79.9. The van der Waals surface area contributed by atoms with E-state index in [4.69, 9.17) is 17.3 Å². The quantitative estimate of drug-likeness (QED) is 0.768. The van der Waals surface area contributed by atoms with E-state index in [1.54, 1.807) is 18.2 Å². The van der Waals surface area contributed by atoms with Crippen LogP contribution in [-0.4, -0.2) is 5.91 Å². The number of nitrogens with two attached hydrogens (primary N) is 1. The van der Waals surface area contributed by atoms with Gasteiger partial charge in [0.2, 0.25) is 5.91 Å². The van der Waals surface area contributed by atoms with Crippen molar-refractivity contribution in [2.24, 2.45) is 5.73 Å². The molecule has 0 bridgehead atoms. The highest BCUT2D eigenvalue weighted by Gasteiger charge is 2.20. The number of benzene rings is 2. The molecule has 1 unspecified atom stereocenters. The second-order valence-electron chi connectivity index (χ2n) is 4.15. The highest BCUT2D eigenvalue weighted by molar-refractivity contribution is 9.10. The Labute approximate surface area is 138 Å². The molecule has 0 spiro atoms. The summed E-state index contributed by atoms with van der Waals surface area (Å²) in [4.78, 5) is 11.7. The van der Waals surface area contributed by atoms with Crippen LogP contribution in [0.5, 0.6) is 0 Å². The van der Waals surface area contributed by atoms with Crippen LogP contribution in [0.25, 0.3) is 0 Å². The SMILES string of the molecule is NC(=O)C(Nc1ccc(Br)cc1)c1cc(Cl)ccc1Br. The first kappa shape index (κ1) is 15.4. The molecule has 104 valence electrons. The number of anilines is 1. The van der Waals surface area contributed by atoms with Crippen LogP contribution in [0.1, 0.15) is 11.6 Å². The Balaban J connectivity index is 2.34. The number of hydrogen-bond acceptors (Lipinski definition) is 2. The van der Waals surface area contributed by atoms with Gasteiger partial charge >= 0.3 is 0 Å². The van der Waals surface area contributed by atoms with Crippen molar-refractivity contribution in [1.82, 2.24) is 0 Å². The smallest absolute Gasteiger partial charge is 0.244 e. The molecule has 3 nitrogen and oxygen atoms in total. The Morgan fingerprint density at radius 2 is 1.80 bits per heavy atom. The molecule has 0 aliphatic carbocycles. The van der Waals surface area contributed by atoms with Gasteiger partial charge < -0.3 is 11.1 Å². The van der Waals surface area contributed by atoms with E-state index in [1.165, 1.54) is 0 Å². The summed E-state index contributed by atoms with van der Waals surface area (Å²) in [6, 6.07) is 12.1. The second kappa shape index (κ2) is 6.61. The van der Waals surface area contributed by atoms with E-state index < -0.39 is 11.9 Å². The summed E-state index contributed by atoms with van der Waals surface area (Å²) < 4.78 is 1.73. The van der Waals surface area contributed by atoms with Crippen LogP contribution in [-0.2, 0) is 4.79 Å². The van der Waals surface area contributed by atoms with Crippen molar-refractivity contribution in [3.8, 4) is 0 Å². The van der Waals surface area contributed by atoms with Crippen LogP contribution in [0, 0.1) is 0 Å². The van der Waals surface area contributed by atoms with Gasteiger partial charge in [0.15, 0.2) is 0 Å². The maximum absolute atomic E-state index is 11.7. The van der Waals surface area contributed by atoms with E-state index in [0.717, 1.165) is 14.6 Å². The van der Waals surface area contributed by atoms with Crippen molar-refractivity contribution in [3.05, 3.63) is 62.0 Å². The standard InChI is InChI=1S/C14H11Br2ClN2O/c15-8-1-4-10(5-2-8)19-13(14(18)20)11-7-9(17)3-6-12(11)16/h1-7,13,19H,(H2,18,20). The lowest BCUT2D eigenvalue weighted by Gasteiger charge is -2.19. The molecule has 2 aromatic carbocycles. The number of nitrogens with one attached hydrogen (secondary N) is 1. The number of hydrogen-bond donors (Lipinski definition) is 2. The lowest BCUT2D eigenvalue weighted by Crippen LogP contribution is -2.28. The summed E-state index contributed by atoms with van der Waals surface area (Å²) >= 11 is 12.8. The second-order valence-corrected chi connectivity index (χ2v) is 6.36. The zero-order valence-electron chi connectivity index (χ0n) is 10.2. The molecular weight excluding hydrogens is 407 g/mol. The third-order valence-corrected chi connectivity index (χ3v) is 4.19. The third-order valence-electron chi connectivity index (χ3n) is 2.71. The van der Waals surface area contributed by atoms with E-state index in [2.05, 4.69) is 37.2 Å². The van der Waals surface area contributed by atoms with E-state index >= 15 is 0 Å². The van der Waals surface area contributed by atoms with Crippen LogP contribution in [0.2, 0.25) is 5.02 Å². The molecule has 6 heteroatoms. The molecule has 20 heavy (non-hydrogen) atoms. The number of amides is 1. The van der Waals surface area contributed by atoms with Gasteiger partial charge in [0.1, 0.15) is 6.04 Å². The summed E-state index contributed by atoms with van der Waals surface area (Å²) in [5.74, 6) is -0.476. The van der Waals surface area contributed by atoms with Crippen LogP contribution in [0.15, 0.2) is 51.4 Å². The lowest BCUT2D eigenvalue weighted by atomic mass is 10.1. The van der Waals surface area contributed by atoms with Crippen molar-refractivity contribution in [2.75, 3.05) is 5.32 Å². The number of halogens is 3. The minimum Gasteiger partial charge on any atom is -0.370 e. The van der Waals surface area contributed by atoms with E-state index in [9.17, 15) is 4.79 Å². The zero-order chi connectivity index (χ0) is 14.7. The fourth-order valence-corrected chi connectivity index (χ4v) is 2.67. The molecule has 0 aliphatic heterocycles. The van der Waals surface area contributed by atoms with Gasteiger partial charge in [-0.3, -0.25) is 4.79 Å². The van der Waals surface area contributed by atoms with Gasteiger partial charge in [0.25, 0.3) is 0 Å². The van der Waals surface area contributed by atoms with Gasteiger partial charge in [-0.05, 0) is 48.0 Å². The first-order valence-corrected chi connectivity index (χ1v) is 7.70. The molecule has 1 amide bonds. The van der Waals surface area contributed by atoms with Crippen molar-refractivity contribution >= 4 is 55.1 Å². The summed E-state index contributed by atoms with van der Waals surface area (Å²) in [7, 11) is 0. The van der Waals surface area contributed by atoms with Gasteiger partial charge in [-0.2, -0.15) is 0 Å². The van der Waals surface area contributed by atoms with Gasteiger partial charge in [0, 0.05) is 19.7 Å². The van der Waals surface area contributed by atoms with Crippen molar-refractivity contribution in [2.45, 2.75) is 6.04 Å². The monoisotopic (exact) mass is 416 g/mol. The van der Waals surface area contributed by atoms with E-state index in [1.807, 2.05) is 24.3 Å². The summed E-state index contributed by atoms with van der Waals surface area (Å²) in [6.45, 7) is 0. The average molecular weight is 419 g/mol. The zero-order valence-corrected chi connectivity index (χ0v) is 14.2. The Kier molecular flexibility index (Phi) is 5.07. The van der Waals surface area contributed by atoms with Gasteiger partial charge in [-0.15, -0.1) is 0 Å².